The van der Waals surface area contributed by atoms with Crippen molar-refractivity contribution in [3.63, 3.8) is 0 Å². The molecule has 0 spiro atoms. The summed E-state index contributed by atoms with van der Waals surface area (Å²) in [5.41, 5.74) is 1.91. The summed E-state index contributed by atoms with van der Waals surface area (Å²) >= 11 is 1.29. The largest absolute Gasteiger partial charge is 0.497 e. The molecule has 0 fully saturated rings. The Morgan fingerprint density at radius 3 is 2.56 bits per heavy atom. The van der Waals surface area contributed by atoms with Gasteiger partial charge in [0.1, 0.15) is 11.5 Å². The van der Waals surface area contributed by atoms with Gasteiger partial charge in [-0.25, -0.2) is 4.98 Å². The molecule has 0 saturated carbocycles. The van der Waals surface area contributed by atoms with Crippen molar-refractivity contribution >= 4 is 39.1 Å². The van der Waals surface area contributed by atoms with Crippen LogP contribution < -0.4 is 20.1 Å². The van der Waals surface area contributed by atoms with Crippen LogP contribution in [0.4, 0.5) is 5.13 Å². The molecule has 3 aromatic carbocycles. The van der Waals surface area contributed by atoms with Crippen LogP contribution in [-0.2, 0) is 4.79 Å². The van der Waals surface area contributed by atoms with Gasteiger partial charge in [-0.1, -0.05) is 30.3 Å². The van der Waals surface area contributed by atoms with Crippen molar-refractivity contribution < 1.29 is 19.1 Å². The van der Waals surface area contributed by atoms with Crippen molar-refractivity contribution in [2.24, 2.45) is 0 Å². The van der Waals surface area contributed by atoms with Crippen LogP contribution in [0.5, 0.6) is 11.5 Å². The average Bonchev–Trinajstić information content (AvgIpc) is 3.29. The smallest absolute Gasteiger partial charge is 0.251 e. The van der Waals surface area contributed by atoms with Crippen molar-refractivity contribution in [2.45, 2.75) is 0 Å². The van der Waals surface area contributed by atoms with E-state index in [2.05, 4.69) is 15.6 Å². The number of ether oxygens (including phenoxy) is 2. The summed E-state index contributed by atoms with van der Waals surface area (Å²) in [6.45, 7) is -0.164. The Kier molecular flexibility index (Phi) is 6.32. The van der Waals surface area contributed by atoms with Gasteiger partial charge in [0.2, 0.25) is 5.91 Å². The third-order valence-corrected chi connectivity index (χ3v) is 5.61. The van der Waals surface area contributed by atoms with Crippen LogP contribution >= 0.6 is 11.3 Å². The number of hydrogen-bond donors (Lipinski definition) is 2. The zero-order valence-electron chi connectivity index (χ0n) is 17.5. The molecule has 7 nitrogen and oxygen atoms in total. The number of nitrogens with zero attached hydrogens (tertiary/aromatic N) is 1. The molecule has 0 bridgehead atoms. The number of methoxy groups -OCH3 is 2. The minimum absolute atomic E-state index is 0.164. The number of rotatable bonds is 7. The molecule has 4 aromatic rings. The molecule has 4 rings (SSSR count). The fraction of sp³-hybridized carbons (Fsp3) is 0.125. The highest BCUT2D eigenvalue weighted by Crippen LogP contribution is 2.35. The van der Waals surface area contributed by atoms with Crippen LogP contribution in [0.15, 0.2) is 66.0 Å². The first-order chi connectivity index (χ1) is 15.6. The topological polar surface area (TPSA) is 89.5 Å². The second-order valence-corrected chi connectivity index (χ2v) is 7.75. The summed E-state index contributed by atoms with van der Waals surface area (Å²) in [6.07, 6.45) is 0. The first-order valence-electron chi connectivity index (χ1n) is 9.82. The molecule has 0 aliphatic carbocycles. The molecule has 0 saturated heterocycles. The van der Waals surface area contributed by atoms with E-state index in [-0.39, 0.29) is 18.4 Å². The number of hydrogen-bond acceptors (Lipinski definition) is 6. The van der Waals surface area contributed by atoms with Crippen molar-refractivity contribution in [1.82, 2.24) is 10.3 Å². The van der Waals surface area contributed by atoms with Gasteiger partial charge in [0, 0.05) is 16.5 Å². The van der Waals surface area contributed by atoms with Gasteiger partial charge in [-0.05, 0) is 41.1 Å². The summed E-state index contributed by atoms with van der Waals surface area (Å²) in [7, 11) is 3.17. The quantitative estimate of drug-likeness (QED) is 0.440. The van der Waals surface area contributed by atoms with Crippen LogP contribution in [0.25, 0.3) is 22.0 Å². The maximum atomic E-state index is 12.4. The second kappa shape index (κ2) is 9.49. The number of fused-ring (bicyclic) bond motifs is 1. The summed E-state index contributed by atoms with van der Waals surface area (Å²) < 4.78 is 10.7. The van der Waals surface area contributed by atoms with Gasteiger partial charge in [-0.15, -0.1) is 11.3 Å². The molecule has 8 heteroatoms. The molecule has 0 aliphatic rings. The number of amides is 2. The molecule has 1 aromatic heterocycles. The van der Waals surface area contributed by atoms with E-state index in [1.165, 1.54) is 11.3 Å². The number of nitrogens with one attached hydrogen (secondary N) is 2. The Balaban J connectivity index is 1.38. The van der Waals surface area contributed by atoms with E-state index in [0.717, 1.165) is 16.3 Å². The fourth-order valence-corrected chi connectivity index (χ4v) is 3.95. The van der Waals surface area contributed by atoms with E-state index in [0.29, 0.717) is 27.9 Å². The standard InChI is InChI=1S/C24H21N3O4S/c1-30-18-9-10-21(31-2)19(12-18)20-14-32-24(26-20)27-22(28)13-25-23(29)17-8-7-15-5-3-4-6-16(15)11-17/h3-12,14H,13H2,1-2H3,(H,25,29)(H,26,27,28). The first kappa shape index (κ1) is 21.3. The average molecular weight is 448 g/mol. The van der Waals surface area contributed by atoms with Crippen LogP contribution in [-0.4, -0.2) is 37.6 Å². The van der Waals surface area contributed by atoms with Gasteiger partial charge < -0.3 is 20.1 Å². The number of anilines is 1. The van der Waals surface area contributed by atoms with E-state index in [9.17, 15) is 9.59 Å². The lowest BCUT2D eigenvalue weighted by Gasteiger charge is -2.08. The molecule has 0 aliphatic heterocycles. The number of thiazole rings is 1. The second-order valence-electron chi connectivity index (χ2n) is 6.90. The molecule has 2 N–H and O–H groups in total. The summed E-state index contributed by atoms with van der Waals surface area (Å²) in [5.74, 6) is 0.650. The van der Waals surface area contributed by atoms with Crippen molar-refractivity contribution in [3.05, 3.63) is 71.6 Å². The molecular weight excluding hydrogens is 426 g/mol. The van der Waals surface area contributed by atoms with Gasteiger partial charge in [-0.2, -0.15) is 0 Å². The van der Waals surface area contributed by atoms with Gasteiger partial charge in [0.05, 0.1) is 26.5 Å². The Bertz CT molecular complexity index is 1290. The predicted molar refractivity (Wildman–Crippen MR) is 126 cm³/mol. The zero-order valence-corrected chi connectivity index (χ0v) is 18.4. The molecular formula is C24H21N3O4S. The van der Waals surface area contributed by atoms with Crippen LogP contribution in [0.3, 0.4) is 0 Å². The third kappa shape index (κ3) is 4.70. The van der Waals surface area contributed by atoms with E-state index < -0.39 is 0 Å². The van der Waals surface area contributed by atoms with Gasteiger partial charge >= 0.3 is 0 Å². The summed E-state index contributed by atoms with van der Waals surface area (Å²) in [6, 6.07) is 18.6. The van der Waals surface area contributed by atoms with Gasteiger partial charge in [0.15, 0.2) is 5.13 Å². The molecule has 1 heterocycles. The van der Waals surface area contributed by atoms with Crippen LogP contribution in [0, 0.1) is 0 Å². The van der Waals surface area contributed by atoms with E-state index in [1.54, 1.807) is 38.5 Å². The molecule has 0 radical (unpaired) electrons. The van der Waals surface area contributed by atoms with E-state index >= 15 is 0 Å². The van der Waals surface area contributed by atoms with Crippen molar-refractivity contribution in [1.29, 1.82) is 0 Å². The van der Waals surface area contributed by atoms with Crippen molar-refractivity contribution in [3.8, 4) is 22.8 Å². The third-order valence-electron chi connectivity index (χ3n) is 4.85. The Morgan fingerprint density at radius 1 is 0.969 bits per heavy atom. The van der Waals surface area contributed by atoms with Crippen LogP contribution in [0.1, 0.15) is 10.4 Å². The Labute approximate surface area is 189 Å². The normalized spacial score (nSPS) is 10.6. The summed E-state index contributed by atoms with van der Waals surface area (Å²) in [5, 5.41) is 9.62. The maximum Gasteiger partial charge on any atom is 0.251 e. The SMILES string of the molecule is COc1ccc(OC)c(-c2csc(NC(=O)CNC(=O)c3ccc4ccccc4c3)n2)c1. The highest BCUT2D eigenvalue weighted by Gasteiger charge is 2.14. The highest BCUT2D eigenvalue weighted by atomic mass is 32.1. The number of aromatic nitrogens is 1. The molecule has 32 heavy (non-hydrogen) atoms. The first-order valence-corrected chi connectivity index (χ1v) is 10.7. The lowest BCUT2D eigenvalue weighted by atomic mass is 10.1. The van der Waals surface area contributed by atoms with Crippen molar-refractivity contribution in [2.75, 3.05) is 26.1 Å². The lowest BCUT2D eigenvalue weighted by molar-refractivity contribution is -0.115. The predicted octanol–water partition coefficient (Wildman–Crippen LogP) is 4.35. The molecule has 2 amide bonds. The fourth-order valence-electron chi connectivity index (χ4n) is 3.23. The number of benzene rings is 3. The molecule has 162 valence electrons. The van der Waals surface area contributed by atoms with Crippen LogP contribution in [0.2, 0.25) is 0 Å². The zero-order chi connectivity index (χ0) is 22.5. The number of carbonyl (C=O) groups excluding carboxylic acids is 2. The number of carbonyl (C=O) groups is 2. The molecule has 0 unspecified atom stereocenters. The molecule has 0 atom stereocenters. The monoisotopic (exact) mass is 447 g/mol. The van der Waals surface area contributed by atoms with Gasteiger partial charge in [0.25, 0.3) is 5.91 Å². The van der Waals surface area contributed by atoms with E-state index in [1.807, 2.05) is 41.8 Å². The van der Waals surface area contributed by atoms with E-state index in [4.69, 9.17) is 9.47 Å². The summed E-state index contributed by atoms with van der Waals surface area (Å²) in [4.78, 5) is 29.2. The minimum atomic E-state index is -0.363. The maximum absolute atomic E-state index is 12.4. The minimum Gasteiger partial charge on any atom is -0.497 e. The Hall–Kier alpha value is -3.91. The highest BCUT2D eigenvalue weighted by molar-refractivity contribution is 7.14. The van der Waals surface area contributed by atoms with Gasteiger partial charge in [-0.3, -0.25) is 9.59 Å². The lowest BCUT2D eigenvalue weighted by Crippen LogP contribution is -2.32. The Morgan fingerprint density at radius 2 is 1.78 bits per heavy atom.